The smallest absolute Gasteiger partial charge is 0.333 e. The first-order valence-corrected chi connectivity index (χ1v) is 6.55. The number of hydrogen-bond donors (Lipinski definition) is 0. The van der Waals surface area contributed by atoms with Crippen LogP contribution in [0.25, 0.3) is 10.8 Å². The van der Waals surface area contributed by atoms with Gasteiger partial charge in [0.2, 0.25) is 0 Å². The predicted octanol–water partition coefficient (Wildman–Crippen LogP) is 3.73. The highest BCUT2D eigenvalue weighted by atomic mass is 16.6. The van der Waals surface area contributed by atoms with Gasteiger partial charge in [-0.25, -0.2) is 4.79 Å². The van der Waals surface area contributed by atoms with Gasteiger partial charge in [-0.05, 0) is 25.3 Å². The monoisotopic (exact) mass is 270 g/mol. The van der Waals surface area contributed by atoms with Crippen molar-refractivity contribution in [2.75, 3.05) is 6.61 Å². The summed E-state index contributed by atoms with van der Waals surface area (Å²) in [5.41, 5.74) is 0.391. The summed E-state index contributed by atoms with van der Waals surface area (Å²) >= 11 is 0. The number of rotatable bonds is 5. The zero-order chi connectivity index (χ0) is 14.5. The van der Waals surface area contributed by atoms with E-state index in [-0.39, 0.29) is 12.1 Å². The van der Waals surface area contributed by atoms with Crippen LogP contribution in [0, 0.1) is 0 Å². The lowest BCUT2D eigenvalue weighted by atomic mass is 10.1. The van der Waals surface area contributed by atoms with Crippen molar-refractivity contribution in [3.63, 3.8) is 0 Å². The lowest BCUT2D eigenvalue weighted by Crippen LogP contribution is -2.22. The van der Waals surface area contributed by atoms with Gasteiger partial charge in [-0.3, -0.25) is 0 Å². The molecule has 20 heavy (non-hydrogen) atoms. The Hall–Kier alpha value is -2.29. The highest BCUT2D eigenvalue weighted by Crippen LogP contribution is 2.25. The maximum absolute atomic E-state index is 11.4. The quantitative estimate of drug-likeness (QED) is 0.613. The molecule has 0 amide bonds. The Bertz CT molecular complexity index is 626. The average Bonchev–Trinajstić information content (AvgIpc) is 2.44. The lowest BCUT2D eigenvalue weighted by Gasteiger charge is -2.15. The minimum Gasteiger partial charge on any atom is -0.489 e. The normalized spacial score (nSPS) is 11.9. The van der Waals surface area contributed by atoms with Gasteiger partial charge in [0, 0.05) is 11.0 Å². The van der Waals surface area contributed by atoms with E-state index in [1.165, 1.54) is 0 Å². The Balaban J connectivity index is 2.02. The molecule has 1 atom stereocenters. The van der Waals surface area contributed by atoms with E-state index in [9.17, 15) is 4.79 Å². The molecule has 1 unspecified atom stereocenters. The molecule has 0 bridgehead atoms. The van der Waals surface area contributed by atoms with Gasteiger partial charge in [0.1, 0.15) is 18.5 Å². The second-order valence-electron chi connectivity index (χ2n) is 4.78. The van der Waals surface area contributed by atoms with Crippen LogP contribution in [0.15, 0.2) is 54.6 Å². The number of benzene rings is 2. The van der Waals surface area contributed by atoms with Gasteiger partial charge < -0.3 is 9.47 Å². The van der Waals surface area contributed by atoms with Crippen molar-refractivity contribution in [2.24, 2.45) is 0 Å². The fraction of sp³-hybridized carbons (Fsp3) is 0.235. The van der Waals surface area contributed by atoms with Gasteiger partial charge in [-0.15, -0.1) is 0 Å². The zero-order valence-electron chi connectivity index (χ0n) is 11.8. The molecule has 0 aliphatic rings. The van der Waals surface area contributed by atoms with E-state index in [0.29, 0.717) is 12.2 Å². The second kappa shape index (κ2) is 6.24. The topological polar surface area (TPSA) is 35.5 Å². The van der Waals surface area contributed by atoms with E-state index in [2.05, 4.69) is 6.58 Å². The summed E-state index contributed by atoms with van der Waals surface area (Å²) in [5, 5.41) is 2.17. The van der Waals surface area contributed by atoms with Crippen molar-refractivity contribution >= 4 is 16.7 Å². The van der Waals surface area contributed by atoms with E-state index in [0.717, 1.165) is 16.5 Å². The van der Waals surface area contributed by atoms with E-state index >= 15 is 0 Å². The fourth-order valence-electron chi connectivity index (χ4n) is 1.85. The molecule has 0 aromatic heterocycles. The Labute approximate surface area is 118 Å². The first kappa shape index (κ1) is 14.1. The van der Waals surface area contributed by atoms with Crippen LogP contribution >= 0.6 is 0 Å². The predicted molar refractivity (Wildman–Crippen MR) is 79.8 cm³/mol. The van der Waals surface area contributed by atoms with Crippen LogP contribution in [0.5, 0.6) is 5.75 Å². The van der Waals surface area contributed by atoms with Crippen LogP contribution in [0.1, 0.15) is 13.8 Å². The maximum atomic E-state index is 11.4. The van der Waals surface area contributed by atoms with E-state index in [1.807, 2.05) is 42.5 Å². The molecular formula is C17H18O3. The molecule has 2 aromatic rings. The minimum absolute atomic E-state index is 0.313. The molecule has 0 saturated heterocycles. The summed E-state index contributed by atoms with van der Waals surface area (Å²) in [7, 11) is 0. The molecule has 104 valence electrons. The molecule has 2 aromatic carbocycles. The lowest BCUT2D eigenvalue weighted by molar-refractivity contribution is -0.144. The Morgan fingerprint density at radius 1 is 1.20 bits per heavy atom. The third-order valence-corrected chi connectivity index (χ3v) is 2.88. The van der Waals surface area contributed by atoms with Gasteiger partial charge in [-0.1, -0.05) is 43.0 Å². The van der Waals surface area contributed by atoms with E-state index in [4.69, 9.17) is 9.47 Å². The second-order valence-corrected chi connectivity index (χ2v) is 4.78. The largest absolute Gasteiger partial charge is 0.489 e. The molecular weight excluding hydrogens is 252 g/mol. The van der Waals surface area contributed by atoms with Crippen LogP contribution in [0.3, 0.4) is 0 Å². The number of fused-ring (bicyclic) bond motifs is 1. The summed E-state index contributed by atoms with van der Waals surface area (Å²) in [5.74, 6) is 0.403. The van der Waals surface area contributed by atoms with Crippen LogP contribution in [0.2, 0.25) is 0 Å². The highest BCUT2D eigenvalue weighted by Gasteiger charge is 2.11. The summed E-state index contributed by atoms with van der Waals surface area (Å²) in [6.45, 7) is 7.29. The van der Waals surface area contributed by atoms with Crippen molar-refractivity contribution in [3.8, 4) is 5.75 Å². The van der Waals surface area contributed by atoms with E-state index < -0.39 is 0 Å². The number of carbonyl (C=O) groups is 1. The van der Waals surface area contributed by atoms with Crippen LogP contribution in [-0.2, 0) is 9.53 Å². The highest BCUT2D eigenvalue weighted by molar-refractivity contribution is 5.88. The van der Waals surface area contributed by atoms with Crippen LogP contribution in [0.4, 0.5) is 0 Å². The van der Waals surface area contributed by atoms with Crippen molar-refractivity contribution < 1.29 is 14.3 Å². The summed E-state index contributed by atoms with van der Waals surface area (Å²) < 4.78 is 10.9. The minimum atomic E-state index is -0.390. The third-order valence-electron chi connectivity index (χ3n) is 2.88. The summed E-state index contributed by atoms with van der Waals surface area (Å²) in [6, 6.07) is 13.9. The summed E-state index contributed by atoms with van der Waals surface area (Å²) in [6.07, 6.45) is -0.321. The van der Waals surface area contributed by atoms with Gasteiger partial charge in [0.05, 0.1) is 0 Å². The van der Waals surface area contributed by atoms with Gasteiger partial charge in [-0.2, -0.15) is 0 Å². The van der Waals surface area contributed by atoms with Crippen LogP contribution in [-0.4, -0.2) is 18.7 Å². The Kier molecular flexibility index (Phi) is 4.41. The third kappa shape index (κ3) is 3.38. The fourth-order valence-corrected chi connectivity index (χ4v) is 1.85. The number of esters is 1. The number of hydrogen-bond acceptors (Lipinski definition) is 3. The molecule has 3 heteroatoms. The van der Waals surface area contributed by atoms with Crippen molar-refractivity contribution in [1.82, 2.24) is 0 Å². The van der Waals surface area contributed by atoms with Crippen LogP contribution < -0.4 is 4.74 Å². The molecule has 0 aliphatic heterocycles. The first-order valence-electron chi connectivity index (χ1n) is 6.55. The molecule has 3 nitrogen and oxygen atoms in total. The average molecular weight is 270 g/mol. The van der Waals surface area contributed by atoms with Crippen molar-refractivity contribution in [1.29, 1.82) is 0 Å². The molecule has 2 rings (SSSR count). The molecule has 0 aliphatic carbocycles. The number of carbonyl (C=O) groups excluding carboxylic acids is 1. The van der Waals surface area contributed by atoms with Gasteiger partial charge in [0.15, 0.2) is 0 Å². The van der Waals surface area contributed by atoms with E-state index in [1.54, 1.807) is 13.8 Å². The SMILES string of the molecule is C=C(C)C(=O)OC(C)COc1cccc2ccccc12. The number of ether oxygens (including phenoxy) is 2. The van der Waals surface area contributed by atoms with Crippen molar-refractivity contribution in [3.05, 3.63) is 54.6 Å². The van der Waals surface area contributed by atoms with Crippen molar-refractivity contribution in [2.45, 2.75) is 20.0 Å². The van der Waals surface area contributed by atoms with Gasteiger partial charge >= 0.3 is 5.97 Å². The molecule has 0 fully saturated rings. The molecule has 0 N–H and O–H groups in total. The Morgan fingerprint density at radius 2 is 1.90 bits per heavy atom. The Morgan fingerprint density at radius 3 is 2.65 bits per heavy atom. The molecule has 0 radical (unpaired) electrons. The van der Waals surface area contributed by atoms with Gasteiger partial charge in [0.25, 0.3) is 0 Å². The molecule has 0 heterocycles. The molecule has 0 spiro atoms. The zero-order valence-corrected chi connectivity index (χ0v) is 11.8. The maximum Gasteiger partial charge on any atom is 0.333 e. The first-order chi connectivity index (χ1) is 9.58. The summed E-state index contributed by atoms with van der Waals surface area (Å²) in [4.78, 5) is 11.4. The molecule has 0 saturated carbocycles. The standard InChI is InChI=1S/C17H18O3/c1-12(2)17(18)20-13(3)11-19-16-10-6-8-14-7-4-5-9-15(14)16/h4-10,13H,1,11H2,2-3H3.